The number of hydrogen-bond acceptors (Lipinski definition) is 3. The second kappa shape index (κ2) is 8.48. The molecule has 3 fully saturated rings. The minimum Gasteiger partial charge on any atom is -0.381 e. The number of likely N-dealkylation sites (tertiary alicyclic amines) is 1. The van der Waals surface area contributed by atoms with Crippen LogP contribution in [0.3, 0.4) is 0 Å². The monoisotopic (exact) mass is 322 g/mol. The summed E-state index contributed by atoms with van der Waals surface area (Å²) in [6, 6.07) is 1.22. The molecular formula is C19H34N2O2. The molecule has 3 rings (SSSR count). The minimum atomic E-state index is 0.410. The van der Waals surface area contributed by atoms with Crippen LogP contribution in [0.25, 0.3) is 0 Å². The fraction of sp³-hybridized carbons (Fsp3) is 0.947. The van der Waals surface area contributed by atoms with Gasteiger partial charge in [0.15, 0.2) is 0 Å². The fourth-order valence-electron chi connectivity index (χ4n) is 4.54. The number of nitrogens with one attached hydrogen (secondary N) is 1. The van der Waals surface area contributed by atoms with Crippen LogP contribution in [0.5, 0.6) is 0 Å². The van der Waals surface area contributed by atoms with E-state index in [2.05, 4.69) is 17.1 Å². The molecule has 4 nitrogen and oxygen atoms in total. The summed E-state index contributed by atoms with van der Waals surface area (Å²) in [4.78, 5) is 14.7. The third-order valence-corrected chi connectivity index (χ3v) is 6.27. The Hall–Kier alpha value is -0.610. The van der Waals surface area contributed by atoms with Crippen LogP contribution in [-0.4, -0.2) is 49.2 Å². The van der Waals surface area contributed by atoms with Crippen LogP contribution in [0, 0.1) is 11.8 Å². The molecule has 2 heterocycles. The van der Waals surface area contributed by atoms with Gasteiger partial charge in [0.05, 0.1) is 0 Å². The average Bonchev–Trinajstić information content (AvgIpc) is 2.58. The summed E-state index contributed by atoms with van der Waals surface area (Å²) in [6.07, 6.45) is 10.5. The first-order chi connectivity index (χ1) is 11.2. The maximum absolute atomic E-state index is 12.6. The summed E-state index contributed by atoms with van der Waals surface area (Å²) in [5.74, 6) is 1.78. The van der Waals surface area contributed by atoms with Gasteiger partial charge in [0.25, 0.3) is 0 Å². The van der Waals surface area contributed by atoms with Crippen LogP contribution in [-0.2, 0) is 9.53 Å². The largest absolute Gasteiger partial charge is 0.381 e. The number of carbonyl (C=O) groups is 1. The van der Waals surface area contributed by atoms with Crippen LogP contribution in [0.15, 0.2) is 0 Å². The normalized spacial score (nSPS) is 31.3. The summed E-state index contributed by atoms with van der Waals surface area (Å²) in [6.45, 7) is 6.02. The summed E-state index contributed by atoms with van der Waals surface area (Å²) < 4.78 is 5.43. The number of hydrogen-bond donors (Lipinski definition) is 1. The van der Waals surface area contributed by atoms with Crippen molar-refractivity contribution in [3.8, 4) is 0 Å². The van der Waals surface area contributed by atoms with Crippen molar-refractivity contribution in [2.24, 2.45) is 11.8 Å². The van der Waals surface area contributed by atoms with Gasteiger partial charge in [0.2, 0.25) is 5.91 Å². The van der Waals surface area contributed by atoms with Crippen molar-refractivity contribution >= 4 is 5.91 Å². The Bertz CT molecular complexity index is 374. The molecule has 1 saturated carbocycles. The first-order valence-corrected chi connectivity index (χ1v) is 9.84. The average molecular weight is 322 g/mol. The molecule has 1 amide bonds. The Labute approximate surface area is 141 Å². The van der Waals surface area contributed by atoms with Gasteiger partial charge in [0.1, 0.15) is 0 Å². The lowest BCUT2D eigenvalue weighted by molar-refractivity contribution is -0.134. The third kappa shape index (κ3) is 4.93. The Morgan fingerprint density at radius 1 is 1.00 bits per heavy atom. The summed E-state index contributed by atoms with van der Waals surface area (Å²) in [5, 5.41) is 3.79. The van der Waals surface area contributed by atoms with Crippen molar-refractivity contribution in [3.63, 3.8) is 0 Å². The zero-order valence-corrected chi connectivity index (χ0v) is 14.8. The summed E-state index contributed by atoms with van der Waals surface area (Å²) >= 11 is 0. The van der Waals surface area contributed by atoms with Gasteiger partial charge in [-0.25, -0.2) is 0 Å². The highest BCUT2D eigenvalue weighted by Gasteiger charge is 2.29. The van der Waals surface area contributed by atoms with E-state index in [4.69, 9.17) is 4.74 Å². The molecule has 2 unspecified atom stereocenters. The van der Waals surface area contributed by atoms with Gasteiger partial charge in [-0.3, -0.25) is 4.79 Å². The number of piperidine rings is 1. The molecule has 0 bridgehead atoms. The SMILES string of the molecule is CC1CCCCC1CC(=O)N1CCC(NC2CCOCC2)CC1. The Morgan fingerprint density at radius 3 is 2.35 bits per heavy atom. The zero-order chi connectivity index (χ0) is 16.1. The van der Waals surface area contributed by atoms with Gasteiger partial charge < -0.3 is 15.0 Å². The summed E-state index contributed by atoms with van der Waals surface area (Å²) in [5.41, 5.74) is 0. The molecule has 0 aromatic carbocycles. The van der Waals surface area contributed by atoms with Crippen molar-refractivity contribution in [3.05, 3.63) is 0 Å². The second-order valence-electron chi connectivity index (χ2n) is 7.93. The quantitative estimate of drug-likeness (QED) is 0.865. The molecule has 0 spiro atoms. The molecule has 23 heavy (non-hydrogen) atoms. The molecule has 2 saturated heterocycles. The van der Waals surface area contributed by atoms with Crippen LogP contribution in [0.1, 0.15) is 64.7 Å². The molecule has 132 valence electrons. The lowest BCUT2D eigenvalue weighted by Crippen LogP contribution is -2.49. The van der Waals surface area contributed by atoms with Gasteiger partial charge in [-0.05, 0) is 43.9 Å². The number of nitrogens with zero attached hydrogens (tertiary/aromatic N) is 1. The number of ether oxygens (including phenoxy) is 1. The van der Waals surface area contributed by atoms with Crippen LogP contribution >= 0.6 is 0 Å². The molecule has 3 aliphatic rings. The highest BCUT2D eigenvalue weighted by Crippen LogP contribution is 2.32. The van der Waals surface area contributed by atoms with E-state index in [1.54, 1.807) is 0 Å². The molecule has 0 aromatic heterocycles. The first kappa shape index (κ1) is 17.2. The van der Waals surface area contributed by atoms with Crippen LogP contribution in [0.2, 0.25) is 0 Å². The van der Waals surface area contributed by atoms with E-state index in [9.17, 15) is 4.79 Å². The van der Waals surface area contributed by atoms with Crippen molar-refractivity contribution in [1.82, 2.24) is 10.2 Å². The van der Waals surface area contributed by atoms with E-state index in [1.165, 1.54) is 25.7 Å². The van der Waals surface area contributed by atoms with Gasteiger partial charge in [-0.15, -0.1) is 0 Å². The first-order valence-electron chi connectivity index (χ1n) is 9.84. The minimum absolute atomic E-state index is 0.410. The third-order valence-electron chi connectivity index (χ3n) is 6.27. The predicted molar refractivity (Wildman–Crippen MR) is 92.3 cm³/mol. The molecule has 1 aliphatic carbocycles. The lowest BCUT2D eigenvalue weighted by Gasteiger charge is -2.37. The number of carbonyl (C=O) groups excluding carboxylic acids is 1. The topological polar surface area (TPSA) is 41.6 Å². The van der Waals surface area contributed by atoms with E-state index < -0.39 is 0 Å². The predicted octanol–water partition coefficient (Wildman–Crippen LogP) is 2.96. The van der Waals surface area contributed by atoms with E-state index >= 15 is 0 Å². The van der Waals surface area contributed by atoms with Crippen LogP contribution < -0.4 is 5.32 Å². The number of amides is 1. The standard InChI is InChI=1S/C19H34N2O2/c1-15-4-2-3-5-16(15)14-19(22)21-10-6-17(7-11-21)20-18-8-12-23-13-9-18/h15-18,20H,2-14H2,1H3. The van der Waals surface area contributed by atoms with Gasteiger partial charge in [0, 0.05) is 44.8 Å². The molecule has 0 aromatic rings. The molecule has 2 atom stereocenters. The van der Waals surface area contributed by atoms with Gasteiger partial charge >= 0.3 is 0 Å². The second-order valence-corrected chi connectivity index (χ2v) is 7.93. The van der Waals surface area contributed by atoms with Crippen molar-refractivity contribution in [2.75, 3.05) is 26.3 Å². The Morgan fingerprint density at radius 2 is 1.65 bits per heavy atom. The van der Waals surface area contributed by atoms with Crippen molar-refractivity contribution in [1.29, 1.82) is 0 Å². The number of rotatable bonds is 4. The molecular weight excluding hydrogens is 288 g/mol. The summed E-state index contributed by atoms with van der Waals surface area (Å²) in [7, 11) is 0. The van der Waals surface area contributed by atoms with Gasteiger partial charge in [-0.2, -0.15) is 0 Å². The fourth-order valence-corrected chi connectivity index (χ4v) is 4.54. The molecule has 0 radical (unpaired) electrons. The molecule has 1 N–H and O–H groups in total. The Kier molecular flexibility index (Phi) is 6.35. The van der Waals surface area contributed by atoms with Gasteiger partial charge in [-0.1, -0.05) is 26.2 Å². The van der Waals surface area contributed by atoms with E-state index in [0.29, 0.717) is 23.9 Å². The van der Waals surface area contributed by atoms with Crippen LogP contribution in [0.4, 0.5) is 0 Å². The lowest BCUT2D eigenvalue weighted by atomic mass is 9.78. The Balaban J connectivity index is 1.38. The highest BCUT2D eigenvalue weighted by atomic mass is 16.5. The van der Waals surface area contributed by atoms with E-state index in [-0.39, 0.29) is 0 Å². The molecule has 2 aliphatic heterocycles. The van der Waals surface area contributed by atoms with E-state index in [0.717, 1.165) is 64.3 Å². The maximum atomic E-state index is 12.6. The van der Waals surface area contributed by atoms with Crippen molar-refractivity contribution < 1.29 is 9.53 Å². The van der Waals surface area contributed by atoms with E-state index in [1.807, 2.05) is 0 Å². The van der Waals surface area contributed by atoms with Crippen molar-refractivity contribution in [2.45, 2.75) is 76.8 Å². The maximum Gasteiger partial charge on any atom is 0.222 e. The highest BCUT2D eigenvalue weighted by molar-refractivity contribution is 5.76. The smallest absolute Gasteiger partial charge is 0.222 e. The molecule has 4 heteroatoms. The zero-order valence-electron chi connectivity index (χ0n) is 14.8.